The molecule has 1 N–H and O–H groups in total. The number of nitrogens with one attached hydrogen (secondary N) is 1. The number of esters is 1. The first-order chi connectivity index (χ1) is 20.1. The van der Waals surface area contributed by atoms with Gasteiger partial charge in [-0.1, -0.05) is 47.7 Å². The van der Waals surface area contributed by atoms with Crippen molar-refractivity contribution in [1.29, 1.82) is 0 Å². The molecule has 0 unspecified atom stereocenters. The molecule has 4 aromatic rings. The number of aromatic nitrogens is 3. The van der Waals surface area contributed by atoms with E-state index in [0.717, 1.165) is 10.7 Å². The molecule has 0 bridgehead atoms. The maximum atomic E-state index is 13.9. The van der Waals surface area contributed by atoms with Crippen molar-refractivity contribution in [1.82, 2.24) is 15.0 Å². The molecule has 0 radical (unpaired) electrons. The van der Waals surface area contributed by atoms with Crippen LogP contribution in [0.5, 0.6) is 5.75 Å². The highest BCUT2D eigenvalue weighted by molar-refractivity contribution is 6.16. The van der Waals surface area contributed by atoms with Crippen LogP contribution in [0.1, 0.15) is 50.2 Å². The van der Waals surface area contributed by atoms with E-state index in [-0.39, 0.29) is 31.0 Å². The lowest BCUT2D eigenvalue weighted by molar-refractivity contribution is -0.137. The first kappa shape index (κ1) is 29.8. The van der Waals surface area contributed by atoms with Crippen LogP contribution in [0.2, 0.25) is 0 Å². The van der Waals surface area contributed by atoms with Gasteiger partial charge in [-0.2, -0.15) is 13.2 Å². The third-order valence-electron chi connectivity index (χ3n) is 5.95. The molecular formula is C29H25F3N4O6. The normalized spacial score (nSPS) is 11.1. The second-order valence-electron chi connectivity index (χ2n) is 8.79. The van der Waals surface area contributed by atoms with Gasteiger partial charge in [-0.15, -0.1) is 5.10 Å². The molecular weight excluding hydrogens is 557 g/mol. The summed E-state index contributed by atoms with van der Waals surface area (Å²) in [5.74, 6) is -1.30. The Bertz CT molecular complexity index is 1570. The number of hydrogen-bond acceptors (Lipinski definition) is 8. The molecule has 10 nitrogen and oxygen atoms in total. The van der Waals surface area contributed by atoms with E-state index in [1.807, 2.05) is 0 Å². The van der Waals surface area contributed by atoms with E-state index >= 15 is 0 Å². The number of benzene rings is 3. The van der Waals surface area contributed by atoms with Crippen molar-refractivity contribution in [2.75, 3.05) is 19.0 Å². The minimum atomic E-state index is -4.78. The van der Waals surface area contributed by atoms with Gasteiger partial charge in [0.2, 0.25) is 11.5 Å². The summed E-state index contributed by atoms with van der Waals surface area (Å²) < 4.78 is 57.2. The molecule has 0 aliphatic rings. The van der Waals surface area contributed by atoms with Crippen LogP contribution in [0.15, 0.2) is 72.8 Å². The lowest BCUT2D eigenvalue weighted by atomic mass is 10.0. The Morgan fingerprint density at radius 1 is 0.929 bits per heavy atom. The summed E-state index contributed by atoms with van der Waals surface area (Å²) in [5.41, 5.74) is -1.45. The Labute approximate surface area is 238 Å². The highest BCUT2D eigenvalue weighted by Crippen LogP contribution is 2.33. The number of anilines is 1. The number of carbonyl (C=O) groups excluding carboxylic acids is 3. The van der Waals surface area contributed by atoms with Crippen molar-refractivity contribution in [3.05, 3.63) is 106 Å². The third-order valence-corrected chi connectivity index (χ3v) is 5.95. The first-order valence-electron chi connectivity index (χ1n) is 12.6. The van der Waals surface area contributed by atoms with Crippen molar-refractivity contribution in [2.24, 2.45) is 0 Å². The van der Waals surface area contributed by atoms with Crippen molar-refractivity contribution < 1.29 is 41.8 Å². The molecule has 0 saturated carbocycles. The van der Waals surface area contributed by atoms with Gasteiger partial charge in [-0.25, -0.2) is 14.3 Å². The summed E-state index contributed by atoms with van der Waals surface area (Å²) in [6.07, 6.45) is -5.87. The quantitative estimate of drug-likeness (QED) is 0.192. The minimum absolute atomic E-state index is 0.0278. The maximum Gasteiger partial charge on any atom is 0.416 e. The summed E-state index contributed by atoms with van der Waals surface area (Å²) in [6.45, 7) is 1.33. The average Bonchev–Trinajstić information content (AvgIpc) is 3.40. The van der Waals surface area contributed by atoms with Gasteiger partial charge in [0.05, 0.1) is 31.5 Å². The van der Waals surface area contributed by atoms with E-state index in [0.29, 0.717) is 29.0 Å². The molecule has 0 fully saturated rings. The number of methoxy groups -OCH3 is 1. The van der Waals surface area contributed by atoms with E-state index in [1.54, 1.807) is 61.5 Å². The lowest BCUT2D eigenvalue weighted by Crippen LogP contribution is -2.21. The van der Waals surface area contributed by atoms with Crippen LogP contribution in [-0.2, 0) is 28.8 Å². The Kier molecular flexibility index (Phi) is 9.20. The molecule has 0 saturated heterocycles. The zero-order valence-corrected chi connectivity index (χ0v) is 22.5. The molecule has 3 aromatic carbocycles. The largest absolute Gasteiger partial charge is 0.497 e. The van der Waals surface area contributed by atoms with Crippen molar-refractivity contribution in [3.8, 4) is 5.75 Å². The minimum Gasteiger partial charge on any atom is -0.497 e. The van der Waals surface area contributed by atoms with Crippen LogP contribution in [0, 0.1) is 0 Å². The highest BCUT2D eigenvalue weighted by Gasteiger charge is 2.34. The van der Waals surface area contributed by atoms with Crippen molar-refractivity contribution in [3.63, 3.8) is 0 Å². The van der Waals surface area contributed by atoms with E-state index in [4.69, 9.17) is 14.2 Å². The highest BCUT2D eigenvalue weighted by atomic mass is 19.4. The van der Waals surface area contributed by atoms with Crippen LogP contribution in [0.25, 0.3) is 0 Å². The molecule has 1 aromatic heterocycles. The molecule has 0 spiro atoms. The van der Waals surface area contributed by atoms with E-state index in [9.17, 15) is 27.6 Å². The number of halogens is 3. The smallest absolute Gasteiger partial charge is 0.416 e. The molecule has 1 amide bonds. The number of ether oxygens (including phenoxy) is 3. The fraction of sp³-hybridized carbons (Fsp3) is 0.207. The fourth-order valence-corrected chi connectivity index (χ4v) is 3.91. The second-order valence-corrected chi connectivity index (χ2v) is 8.79. The van der Waals surface area contributed by atoms with Crippen molar-refractivity contribution in [2.45, 2.75) is 26.3 Å². The van der Waals surface area contributed by atoms with Crippen LogP contribution in [0.4, 0.5) is 23.7 Å². The number of carbonyl (C=O) groups is 3. The molecule has 218 valence electrons. The first-order valence-corrected chi connectivity index (χ1v) is 12.6. The molecule has 13 heteroatoms. The standard InChI is InChI=1S/C29H25F3N4O6/c1-3-41-27(38)24-25(36(35-34-24)16-18-9-12-21(40-2)13-10-18)26(37)22-14-11-20(29(30,31)32)15-23(22)33-28(39)42-17-19-7-5-4-6-8-19/h4-15H,3,16-17H2,1-2H3,(H,33,39). The number of amides is 1. The van der Waals surface area contributed by atoms with Crippen molar-refractivity contribution >= 4 is 23.5 Å². The maximum absolute atomic E-state index is 13.9. The SMILES string of the molecule is CCOC(=O)c1nnn(Cc2ccc(OC)cc2)c1C(=O)c1ccc(C(F)(F)F)cc1NC(=O)OCc1ccccc1. The zero-order chi connectivity index (χ0) is 30.3. The summed E-state index contributed by atoms with van der Waals surface area (Å²) in [5, 5.41) is 9.99. The van der Waals surface area contributed by atoms with Gasteiger partial charge in [0.1, 0.15) is 18.1 Å². The topological polar surface area (TPSA) is 122 Å². The Morgan fingerprint density at radius 2 is 1.64 bits per heavy atom. The Morgan fingerprint density at radius 3 is 2.29 bits per heavy atom. The number of alkyl halides is 3. The van der Waals surface area contributed by atoms with Gasteiger partial charge in [-0.3, -0.25) is 10.1 Å². The van der Waals surface area contributed by atoms with E-state index in [1.165, 1.54) is 7.11 Å². The Balaban J connectivity index is 1.72. The van der Waals surface area contributed by atoms with Crippen LogP contribution in [-0.4, -0.2) is 46.6 Å². The summed E-state index contributed by atoms with van der Waals surface area (Å²) in [6, 6.07) is 17.6. The molecule has 4 rings (SSSR count). The van der Waals surface area contributed by atoms with E-state index in [2.05, 4.69) is 15.6 Å². The number of nitrogens with zero attached hydrogens (tertiary/aromatic N) is 3. The number of rotatable bonds is 10. The number of ketones is 1. The monoisotopic (exact) mass is 582 g/mol. The predicted octanol–water partition coefficient (Wildman–Crippen LogP) is 5.51. The lowest BCUT2D eigenvalue weighted by Gasteiger charge is -2.15. The molecule has 1 heterocycles. The van der Waals surface area contributed by atoms with Crippen LogP contribution < -0.4 is 10.1 Å². The molecule has 42 heavy (non-hydrogen) atoms. The molecule has 0 aliphatic heterocycles. The van der Waals surface area contributed by atoms with Gasteiger partial charge in [0.15, 0.2) is 0 Å². The van der Waals surface area contributed by atoms with Gasteiger partial charge in [0, 0.05) is 5.56 Å². The van der Waals surface area contributed by atoms with Gasteiger partial charge in [-0.05, 0) is 48.4 Å². The Hall–Kier alpha value is -5.20. The summed E-state index contributed by atoms with van der Waals surface area (Å²) in [7, 11) is 1.50. The summed E-state index contributed by atoms with van der Waals surface area (Å²) >= 11 is 0. The third kappa shape index (κ3) is 7.11. The van der Waals surface area contributed by atoms with E-state index < -0.39 is 41.0 Å². The van der Waals surface area contributed by atoms with Gasteiger partial charge < -0.3 is 14.2 Å². The van der Waals surface area contributed by atoms with Crippen LogP contribution >= 0.6 is 0 Å². The predicted molar refractivity (Wildman–Crippen MR) is 143 cm³/mol. The second kappa shape index (κ2) is 13.0. The molecule has 0 atom stereocenters. The van der Waals surface area contributed by atoms with Gasteiger partial charge >= 0.3 is 18.2 Å². The fourth-order valence-electron chi connectivity index (χ4n) is 3.91. The van der Waals surface area contributed by atoms with Crippen LogP contribution in [0.3, 0.4) is 0 Å². The summed E-state index contributed by atoms with van der Waals surface area (Å²) in [4.78, 5) is 39.2. The zero-order valence-electron chi connectivity index (χ0n) is 22.5. The average molecular weight is 583 g/mol. The molecule has 0 aliphatic carbocycles. The number of hydrogen-bond donors (Lipinski definition) is 1. The van der Waals surface area contributed by atoms with Gasteiger partial charge in [0.25, 0.3) is 0 Å².